The zero-order valence-corrected chi connectivity index (χ0v) is 22.5. The third-order valence-corrected chi connectivity index (χ3v) is 7.23. The molecule has 6 N–H and O–H groups in total. The Morgan fingerprint density at radius 3 is 2.15 bits per heavy atom. The fourth-order valence-corrected chi connectivity index (χ4v) is 5.09. The van der Waals surface area contributed by atoms with E-state index in [4.69, 9.17) is 20.9 Å². The van der Waals surface area contributed by atoms with E-state index in [0.29, 0.717) is 35.3 Å². The summed E-state index contributed by atoms with van der Waals surface area (Å²) in [6.07, 6.45) is -0.661. The van der Waals surface area contributed by atoms with Gasteiger partial charge in [-0.2, -0.15) is 0 Å². The van der Waals surface area contributed by atoms with Crippen LogP contribution in [0.25, 0.3) is 0 Å². The Bertz CT molecular complexity index is 1300. The molecule has 0 spiro atoms. The zero-order chi connectivity index (χ0) is 29.5. The van der Waals surface area contributed by atoms with Gasteiger partial charge in [0.25, 0.3) is 0 Å². The minimum absolute atomic E-state index is 0.0718. The summed E-state index contributed by atoms with van der Waals surface area (Å²) in [5, 5.41) is 6.39. The molecule has 0 bridgehead atoms. The van der Waals surface area contributed by atoms with Crippen molar-refractivity contribution in [1.29, 1.82) is 0 Å². The van der Waals surface area contributed by atoms with Crippen molar-refractivity contribution >= 4 is 17.7 Å². The summed E-state index contributed by atoms with van der Waals surface area (Å²) < 4.78 is 53.5. The van der Waals surface area contributed by atoms with Gasteiger partial charge < -0.3 is 31.6 Å². The average Bonchev–Trinajstić information content (AvgIpc) is 2.93. The van der Waals surface area contributed by atoms with Crippen molar-refractivity contribution < 1.29 is 32.2 Å². The van der Waals surface area contributed by atoms with E-state index in [1.54, 1.807) is 6.07 Å². The number of carbonyl (C=O) groups excluding carboxylic acids is 2. The number of hydrogen-bond donors (Lipinski definition) is 4. The highest BCUT2D eigenvalue weighted by Crippen LogP contribution is 2.32. The van der Waals surface area contributed by atoms with Gasteiger partial charge in [-0.25, -0.2) is 18.0 Å². The first kappa shape index (κ1) is 29.9. The molecule has 218 valence electrons. The molecule has 3 aromatic carbocycles. The smallest absolute Gasteiger partial charge is 0.404 e. The molecular weight excluding hydrogens is 537 g/mol. The summed E-state index contributed by atoms with van der Waals surface area (Å²) in [5.41, 5.74) is 12.7. The van der Waals surface area contributed by atoms with Crippen LogP contribution in [-0.4, -0.2) is 49.4 Å². The van der Waals surface area contributed by atoms with E-state index in [0.717, 1.165) is 0 Å². The van der Waals surface area contributed by atoms with Crippen LogP contribution in [0.4, 0.5) is 23.7 Å². The van der Waals surface area contributed by atoms with E-state index in [2.05, 4.69) is 10.6 Å². The van der Waals surface area contributed by atoms with Crippen LogP contribution in [0.1, 0.15) is 36.0 Å². The number of amides is 2. The van der Waals surface area contributed by atoms with Crippen LogP contribution < -0.4 is 22.1 Å². The number of rotatable bonds is 11. The third kappa shape index (κ3) is 7.77. The first-order valence-corrected chi connectivity index (χ1v) is 13.3. The molecule has 8 nitrogen and oxygen atoms in total. The fourth-order valence-electron chi connectivity index (χ4n) is 5.09. The van der Waals surface area contributed by atoms with Gasteiger partial charge in [-0.1, -0.05) is 30.3 Å². The first-order chi connectivity index (χ1) is 19.6. The van der Waals surface area contributed by atoms with Crippen molar-refractivity contribution in [3.63, 3.8) is 0 Å². The Morgan fingerprint density at radius 1 is 1.00 bits per heavy atom. The molecule has 0 saturated carbocycles. The molecule has 2 amide bonds. The summed E-state index contributed by atoms with van der Waals surface area (Å²) in [5.74, 6) is -2.83. The molecule has 1 aliphatic heterocycles. The number of nitrogens with one attached hydrogen (secondary N) is 2. The number of halogens is 3. The van der Waals surface area contributed by atoms with Crippen LogP contribution in [-0.2, 0) is 20.7 Å². The lowest BCUT2D eigenvalue weighted by molar-refractivity contribution is -0.119. The van der Waals surface area contributed by atoms with Crippen LogP contribution in [0, 0.1) is 17.5 Å². The third-order valence-electron chi connectivity index (χ3n) is 7.23. The molecule has 0 radical (unpaired) electrons. The summed E-state index contributed by atoms with van der Waals surface area (Å²) >= 11 is 0. The largest absolute Gasteiger partial charge is 0.448 e. The van der Waals surface area contributed by atoms with Crippen LogP contribution in [0.2, 0.25) is 0 Å². The fraction of sp³-hybridized carbons (Fsp3) is 0.333. The Kier molecular flexibility index (Phi) is 9.85. The van der Waals surface area contributed by atoms with Crippen LogP contribution >= 0.6 is 0 Å². The van der Waals surface area contributed by atoms with E-state index in [-0.39, 0.29) is 31.3 Å². The number of hydrogen-bond acceptors (Lipinski definition) is 6. The van der Waals surface area contributed by atoms with Gasteiger partial charge in [0.15, 0.2) is 0 Å². The maximum absolute atomic E-state index is 15.2. The van der Waals surface area contributed by atoms with Gasteiger partial charge in [0.1, 0.15) is 30.1 Å². The lowest BCUT2D eigenvalue weighted by Crippen LogP contribution is -2.53. The summed E-state index contributed by atoms with van der Waals surface area (Å²) in [6, 6.07) is 14.4. The minimum Gasteiger partial charge on any atom is -0.448 e. The van der Waals surface area contributed by atoms with Gasteiger partial charge in [0, 0.05) is 23.7 Å². The number of primary amides is 2. The quantitative estimate of drug-likeness (QED) is 0.276. The SMILES string of the molecule is C[C@@H]1O[C@H](CCc2c(F)cccc2N[C@H](C(N)=O)C(c2ccc(F)cc2)c2ccc(F)cc2)CN[C@@H]1COC(N)=O. The molecule has 0 aromatic heterocycles. The van der Waals surface area contributed by atoms with Crippen LogP contribution in [0.3, 0.4) is 0 Å². The Balaban J connectivity index is 1.55. The average molecular weight is 571 g/mol. The van der Waals surface area contributed by atoms with Crippen molar-refractivity contribution in [2.75, 3.05) is 18.5 Å². The van der Waals surface area contributed by atoms with Crippen molar-refractivity contribution in [2.24, 2.45) is 11.5 Å². The molecule has 41 heavy (non-hydrogen) atoms. The van der Waals surface area contributed by atoms with Crippen molar-refractivity contribution in [1.82, 2.24) is 5.32 Å². The molecule has 0 aliphatic carbocycles. The predicted octanol–water partition coefficient (Wildman–Crippen LogP) is 3.98. The summed E-state index contributed by atoms with van der Waals surface area (Å²) in [7, 11) is 0. The molecule has 1 saturated heterocycles. The Morgan fingerprint density at radius 2 is 1.61 bits per heavy atom. The van der Waals surface area contributed by atoms with Crippen molar-refractivity contribution in [3.05, 3.63) is 101 Å². The van der Waals surface area contributed by atoms with Gasteiger partial charge in [-0.05, 0) is 67.3 Å². The second-order valence-corrected chi connectivity index (χ2v) is 10.0. The standard InChI is InChI=1S/C30H33F3N4O4/c1-17-26(16-40-30(35)39)36-15-22(41-17)13-14-23-24(33)3-2-4-25(23)37-28(29(34)38)27(18-5-9-20(31)10-6-18)19-7-11-21(32)12-8-19/h2-12,17,22,26-28,36-37H,13-16H2,1H3,(H2,34,38)(H2,35,39)/t17-,22+,26+,28-/m0/s1. The van der Waals surface area contributed by atoms with Gasteiger partial charge in [-0.15, -0.1) is 0 Å². The van der Waals surface area contributed by atoms with E-state index in [9.17, 15) is 18.4 Å². The molecule has 1 fully saturated rings. The summed E-state index contributed by atoms with van der Waals surface area (Å²) in [4.78, 5) is 23.8. The van der Waals surface area contributed by atoms with Crippen LogP contribution in [0.5, 0.6) is 0 Å². The van der Waals surface area contributed by atoms with E-state index >= 15 is 4.39 Å². The molecule has 11 heteroatoms. The van der Waals surface area contributed by atoms with Crippen molar-refractivity contribution in [3.8, 4) is 0 Å². The molecule has 4 rings (SSSR count). The second-order valence-electron chi connectivity index (χ2n) is 10.0. The van der Waals surface area contributed by atoms with E-state index in [1.165, 1.54) is 60.7 Å². The molecule has 3 aromatic rings. The van der Waals surface area contributed by atoms with Gasteiger partial charge in [-0.3, -0.25) is 4.79 Å². The Labute approximate surface area is 236 Å². The van der Waals surface area contributed by atoms with E-state index in [1.807, 2.05) is 6.92 Å². The number of carbonyl (C=O) groups is 2. The maximum Gasteiger partial charge on any atom is 0.404 e. The monoisotopic (exact) mass is 570 g/mol. The zero-order valence-electron chi connectivity index (χ0n) is 22.5. The van der Waals surface area contributed by atoms with E-state index < -0.39 is 41.4 Å². The van der Waals surface area contributed by atoms with Crippen LogP contribution in [0.15, 0.2) is 66.7 Å². The molecule has 4 atom stereocenters. The van der Waals surface area contributed by atoms with Gasteiger partial charge >= 0.3 is 6.09 Å². The highest BCUT2D eigenvalue weighted by atomic mass is 19.1. The topological polar surface area (TPSA) is 129 Å². The normalized spacial score (nSPS) is 19.5. The molecule has 1 aliphatic rings. The molecular formula is C30H33F3N4O4. The lowest BCUT2D eigenvalue weighted by atomic mass is 9.84. The van der Waals surface area contributed by atoms with Gasteiger partial charge in [0.2, 0.25) is 5.91 Å². The minimum atomic E-state index is -1.08. The number of morpholine rings is 1. The van der Waals surface area contributed by atoms with Crippen molar-refractivity contribution in [2.45, 2.75) is 50.0 Å². The van der Waals surface area contributed by atoms with Gasteiger partial charge in [0.05, 0.1) is 18.2 Å². The first-order valence-electron chi connectivity index (χ1n) is 13.3. The molecule has 0 unspecified atom stereocenters. The Hall–Kier alpha value is -4.09. The molecule has 1 heterocycles. The summed E-state index contributed by atoms with van der Waals surface area (Å²) in [6.45, 7) is 2.37. The predicted molar refractivity (Wildman–Crippen MR) is 148 cm³/mol. The number of benzene rings is 3. The maximum atomic E-state index is 15.2. The number of ether oxygens (including phenoxy) is 2. The highest BCUT2D eigenvalue weighted by Gasteiger charge is 2.32. The number of anilines is 1. The highest BCUT2D eigenvalue weighted by molar-refractivity contribution is 5.85. The number of nitrogens with two attached hydrogens (primary N) is 2. The second kappa shape index (κ2) is 13.5. The lowest BCUT2D eigenvalue weighted by Gasteiger charge is -2.35.